The van der Waals surface area contributed by atoms with Crippen LogP contribution in [0.25, 0.3) is 0 Å². The zero-order chi connectivity index (χ0) is 5.28. The summed E-state index contributed by atoms with van der Waals surface area (Å²) in [5, 5.41) is 0. The third-order valence-corrected chi connectivity index (χ3v) is 1.87. The van der Waals surface area contributed by atoms with E-state index in [0.717, 1.165) is 6.42 Å². The van der Waals surface area contributed by atoms with Crippen LogP contribution >= 0.6 is 0 Å². The number of hydrogen-bond donors (Lipinski definition) is 0. The molecule has 0 radical (unpaired) electrons. The molecule has 0 aromatic heterocycles. The third-order valence-electron chi connectivity index (χ3n) is 1.11. The molecule has 0 spiro atoms. The Bertz CT molecular complexity index is 131. The average molecular weight is 131 g/mol. The van der Waals surface area contributed by atoms with Crippen molar-refractivity contribution >= 4 is 0 Å². The molecular formula is C6H7Cr. The van der Waals surface area contributed by atoms with E-state index >= 15 is 0 Å². The van der Waals surface area contributed by atoms with Crippen LogP contribution in [0.5, 0.6) is 0 Å². The van der Waals surface area contributed by atoms with Crippen LogP contribution in [-0.2, 0) is 16.3 Å². The standard InChI is InChI=1S/C6H7.Cr/c1-6-4-2-3-5-6;/h2,4H,3H2,1H3;. The molecule has 0 aliphatic heterocycles. The molecule has 7 heavy (non-hydrogen) atoms. The van der Waals surface area contributed by atoms with Crippen LogP contribution in [0, 0.1) is 0 Å². The molecule has 0 fully saturated rings. The topological polar surface area (TPSA) is 0 Å². The van der Waals surface area contributed by atoms with Gasteiger partial charge in [-0.3, -0.25) is 0 Å². The van der Waals surface area contributed by atoms with Gasteiger partial charge in [0.2, 0.25) is 0 Å². The molecule has 0 bridgehead atoms. The van der Waals surface area contributed by atoms with Gasteiger partial charge in [0.25, 0.3) is 0 Å². The second kappa shape index (κ2) is 1.86. The molecule has 37 valence electrons. The van der Waals surface area contributed by atoms with Gasteiger partial charge in [0.05, 0.1) is 0 Å². The van der Waals surface area contributed by atoms with E-state index in [0.29, 0.717) is 0 Å². The summed E-state index contributed by atoms with van der Waals surface area (Å²) in [7, 11) is 0. The Kier molecular flexibility index (Phi) is 1.37. The molecule has 0 nitrogen and oxygen atoms in total. The number of allylic oxidation sites excluding steroid dienone is 4. The summed E-state index contributed by atoms with van der Waals surface area (Å²) in [6, 6.07) is 0. The second-order valence-electron chi connectivity index (χ2n) is 1.71. The fraction of sp³-hybridized carbons (Fsp3) is 0.333. The molecule has 1 aliphatic rings. The summed E-state index contributed by atoms with van der Waals surface area (Å²) in [5.41, 5.74) is 1.39. The van der Waals surface area contributed by atoms with Gasteiger partial charge in [-0.25, -0.2) is 0 Å². The van der Waals surface area contributed by atoms with E-state index in [1.165, 1.54) is 10.0 Å². The maximum absolute atomic E-state index is 3.01. The number of hydrogen-bond acceptors (Lipinski definition) is 0. The molecule has 0 saturated heterocycles. The van der Waals surface area contributed by atoms with Crippen LogP contribution in [0.2, 0.25) is 0 Å². The molecule has 0 aromatic rings. The van der Waals surface area contributed by atoms with E-state index in [-0.39, 0.29) is 0 Å². The molecule has 1 aliphatic carbocycles. The van der Waals surface area contributed by atoms with E-state index in [1.807, 2.05) is 0 Å². The van der Waals surface area contributed by atoms with Gasteiger partial charge in [-0.1, -0.05) is 0 Å². The van der Waals surface area contributed by atoms with E-state index in [4.69, 9.17) is 0 Å². The van der Waals surface area contributed by atoms with E-state index in [2.05, 4.69) is 35.4 Å². The molecule has 0 aromatic carbocycles. The Labute approximate surface area is 52.3 Å². The summed E-state index contributed by atoms with van der Waals surface area (Å²) in [6.07, 6.45) is 5.43. The normalized spacial score (nSPS) is 19.0. The summed E-state index contributed by atoms with van der Waals surface area (Å²) >= 11 is 3.01. The van der Waals surface area contributed by atoms with Crippen molar-refractivity contribution < 1.29 is 16.3 Å². The van der Waals surface area contributed by atoms with Crippen molar-refractivity contribution in [1.82, 2.24) is 0 Å². The van der Waals surface area contributed by atoms with Gasteiger partial charge in [-0.05, 0) is 0 Å². The monoisotopic (exact) mass is 131 g/mol. The summed E-state index contributed by atoms with van der Waals surface area (Å²) < 4.78 is 1.39. The first-order valence-electron chi connectivity index (χ1n) is 2.34. The molecule has 0 atom stereocenters. The van der Waals surface area contributed by atoms with Crippen molar-refractivity contribution in [3.05, 3.63) is 22.2 Å². The minimum absolute atomic E-state index is 1.12. The van der Waals surface area contributed by atoms with Crippen LogP contribution < -0.4 is 0 Å². The Balaban J connectivity index is 2.79. The summed E-state index contributed by atoms with van der Waals surface area (Å²) in [6.45, 7) is 2.12. The fourth-order valence-electron chi connectivity index (χ4n) is 0.597. The SMILES string of the molecule is CC1=[C]([Cr])CC=C1. The second-order valence-corrected chi connectivity index (χ2v) is 2.48. The van der Waals surface area contributed by atoms with E-state index < -0.39 is 0 Å². The predicted molar refractivity (Wildman–Crippen MR) is 26.5 cm³/mol. The Morgan fingerprint density at radius 3 is 2.57 bits per heavy atom. The third kappa shape index (κ3) is 0.966. The Morgan fingerprint density at radius 2 is 2.43 bits per heavy atom. The van der Waals surface area contributed by atoms with Gasteiger partial charge in [-0.2, -0.15) is 0 Å². The van der Waals surface area contributed by atoms with Gasteiger partial charge in [0.15, 0.2) is 0 Å². The van der Waals surface area contributed by atoms with E-state index in [1.54, 1.807) is 0 Å². The maximum atomic E-state index is 3.01. The van der Waals surface area contributed by atoms with Gasteiger partial charge in [0.1, 0.15) is 0 Å². The van der Waals surface area contributed by atoms with Crippen molar-refractivity contribution in [3.8, 4) is 0 Å². The first-order valence-corrected chi connectivity index (χ1v) is 2.98. The zero-order valence-corrected chi connectivity index (χ0v) is 5.55. The van der Waals surface area contributed by atoms with Crippen molar-refractivity contribution in [2.75, 3.05) is 0 Å². The predicted octanol–water partition coefficient (Wildman–Crippen LogP) is 1.77. The number of rotatable bonds is 0. The van der Waals surface area contributed by atoms with Crippen LogP contribution in [0.3, 0.4) is 0 Å². The van der Waals surface area contributed by atoms with Crippen LogP contribution in [-0.4, -0.2) is 0 Å². The van der Waals surface area contributed by atoms with Gasteiger partial charge >= 0.3 is 51.8 Å². The van der Waals surface area contributed by atoms with Crippen LogP contribution in [0.15, 0.2) is 22.2 Å². The first kappa shape index (κ1) is 5.16. The van der Waals surface area contributed by atoms with Crippen molar-refractivity contribution in [1.29, 1.82) is 0 Å². The Morgan fingerprint density at radius 1 is 1.71 bits per heavy atom. The quantitative estimate of drug-likeness (QED) is 0.470. The van der Waals surface area contributed by atoms with Crippen LogP contribution in [0.1, 0.15) is 13.3 Å². The summed E-state index contributed by atoms with van der Waals surface area (Å²) in [4.78, 5) is 0. The molecule has 1 rings (SSSR count). The zero-order valence-electron chi connectivity index (χ0n) is 4.27. The summed E-state index contributed by atoms with van der Waals surface area (Å²) in [5.74, 6) is 0. The van der Waals surface area contributed by atoms with Crippen molar-refractivity contribution in [2.24, 2.45) is 0 Å². The first-order chi connectivity index (χ1) is 3.30. The molecule has 0 N–H and O–H groups in total. The average Bonchev–Trinajstić information content (AvgIpc) is 1.91. The van der Waals surface area contributed by atoms with Crippen LogP contribution in [0.4, 0.5) is 0 Å². The molecule has 0 unspecified atom stereocenters. The fourth-order valence-corrected chi connectivity index (χ4v) is 0.853. The Hall–Kier alpha value is 0.0125. The minimum atomic E-state index is 1.12. The molecule has 0 saturated carbocycles. The van der Waals surface area contributed by atoms with Gasteiger partial charge in [0, 0.05) is 0 Å². The van der Waals surface area contributed by atoms with Gasteiger partial charge < -0.3 is 0 Å². The van der Waals surface area contributed by atoms with E-state index in [9.17, 15) is 0 Å². The molecule has 1 heteroatoms. The van der Waals surface area contributed by atoms with Gasteiger partial charge in [-0.15, -0.1) is 0 Å². The molecular weight excluding hydrogens is 124 g/mol. The van der Waals surface area contributed by atoms with Crippen molar-refractivity contribution in [3.63, 3.8) is 0 Å². The molecule has 0 heterocycles. The molecule has 0 amide bonds. The van der Waals surface area contributed by atoms with Crippen molar-refractivity contribution in [2.45, 2.75) is 13.3 Å².